The molecule has 8 heteroatoms. The van der Waals surface area contributed by atoms with E-state index in [9.17, 15) is 4.79 Å². The van der Waals surface area contributed by atoms with Crippen molar-refractivity contribution in [2.45, 2.75) is 12.8 Å². The number of pyridine rings is 2. The molecule has 1 aliphatic rings. The molecule has 1 fully saturated rings. The average molecular weight is 477 g/mol. The molecular weight excluding hydrogens is 456 g/mol. The van der Waals surface area contributed by atoms with Crippen LogP contribution in [0.3, 0.4) is 0 Å². The Bertz CT molecular complexity index is 1710. The predicted octanol–water partition coefficient (Wildman–Crippen LogP) is 6.25. The molecule has 5 aromatic heterocycles. The lowest BCUT2D eigenvalue weighted by Crippen LogP contribution is -2.13. The van der Waals surface area contributed by atoms with Gasteiger partial charge >= 0.3 is 0 Å². The van der Waals surface area contributed by atoms with E-state index in [2.05, 4.69) is 59.4 Å². The standard InChI is InChI=1S/C27H20N6OS/c34-27(15-1-2-15)30-19-9-18(12-28-13-19)16-3-4-23-22(10-16)25(33-32-23)24-11-21-20(17-6-8-35-14-17)5-7-29-26(21)31-24/h3-15H,1-2H2,(H,29,31)(H,30,34)(H,32,33). The third-order valence-electron chi connectivity index (χ3n) is 6.47. The zero-order valence-corrected chi connectivity index (χ0v) is 19.4. The minimum atomic E-state index is 0.0748. The third-order valence-corrected chi connectivity index (χ3v) is 7.15. The number of nitrogens with zero attached hydrogens (tertiary/aromatic N) is 3. The van der Waals surface area contributed by atoms with Crippen molar-refractivity contribution in [2.24, 2.45) is 5.92 Å². The summed E-state index contributed by atoms with van der Waals surface area (Å²) in [6.45, 7) is 0. The number of carbonyl (C=O) groups is 1. The highest BCUT2D eigenvalue weighted by molar-refractivity contribution is 7.08. The summed E-state index contributed by atoms with van der Waals surface area (Å²) in [5, 5.41) is 17.0. The second-order valence-corrected chi connectivity index (χ2v) is 9.65. The van der Waals surface area contributed by atoms with Crippen molar-refractivity contribution in [2.75, 3.05) is 5.32 Å². The van der Waals surface area contributed by atoms with Crippen LogP contribution in [0.2, 0.25) is 0 Å². The van der Waals surface area contributed by atoms with Gasteiger partial charge in [0.1, 0.15) is 11.3 Å². The van der Waals surface area contributed by atoms with Gasteiger partial charge in [-0.3, -0.25) is 14.9 Å². The molecule has 0 atom stereocenters. The number of fused-ring (bicyclic) bond motifs is 2. The second kappa shape index (κ2) is 7.89. The maximum absolute atomic E-state index is 12.2. The first-order chi connectivity index (χ1) is 17.2. The van der Waals surface area contributed by atoms with Gasteiger partial charge in [-0.1, -0.05) is 6.07 Å². The van der Waals surface area contributed by atoms with Crippen LogP contribution in [0, 0.1) is 5.92 Å². The molecule has 7 rings (SSSR count). The number of carbonyl (C=O) groups excluding carboxylic acids is 1. The van der Waals surface area contributed by atoms with E-state index < -0.39 is 0 Å². The number of hydrogen-bond acceptors (Lipinski definition) is 5. The summed E-state index contributed by atoms with van der Waals surface area (Å²) >= 11 is 1.68. The number of hydrogen-bond donors (Lipinski definition) is 3. The fourth-order valence-electron chi connectivity index (χ4n) is 4.48. The van der Waals surface area contributed by atoms with Gasteiger partial charge in [0, 0.05) is 34.6 Å². The largest absolute Gasteiger partial charge is 0.338 e. The predicted molar refractivity (Wildman–Crippen MR) is 139 cm³/mol. The van der Waals surface area contributed by atoms with Crippen molar-refractivity contribution in [1.29, 1.82) is 0 Å². The highest BCUT2D eigenvalue weighted by Crippen LogP contribution is 2.35. The first-order valence-corrected chi connectivity index (χ1v) is 12.4. The minimum Gasteiger partial charge on any atom is -0.338 e. The van der Waals surface area contributed by atoms with Gasteiger partial charge in [-0.2, -0.15) is 16.4 Å². The molecule has 0 radical (unpaired) electrons. The van der Waals surface area contributed by atoms with Crippen LogP contribution < -0.4 is 5.32 Å². The Kier molecular flexibility index (Phi) is 4.53. The van der Waals surface area contributed by atoms with Gasteiger partial charge in [-0.05, 0) is 76.7 Å². The van der Waals surface area contributed by atoms with E-state index in [4.69, 9.17) is 0 Å². The van der Waals surface area contributed by atoms with Crippen molar-refractivity contribution in [3.05, 3.63) is 71.8 Å². The number of benzene rings is 1. The van der Waals surface area contributed by atoms with E-state index >= 15 is 0 Å². The van der Waals surface area contributed by atoms with Gasteiger partial charge in [0.2, 0.25) is 5.91 Å². The second-order valence-electron chi connectivity index (χ2n) is 8.87. The molecule has 35 heavy (non-hydrogen) atoms. The molecule has 1 saturated carbocycles. The summed E-state index contributed by atoms with van der Waals surface area (Å²) in [7, 11) is 0. The van der Waals surface area contributed by atoms with Crippen molar-refractivity contribution < 1.29 is 4.79 Å². The van der Waals surface area contributed by atoms with Gasteiger partial charge in [0.25, 0.3) is 0 Å². The zero-order valence-electron chi connectivity index (χ0n) is 18.6. The number of H-pyrrole nitrogens is 2. The Hall–Kier alpha value is -4.30. The maximum Gasteiger partial charge on any atom is 0.227 e. The van der Waals surface area contributed by atoms with Crippen LogP contribution >= 0.6 is 11.3 Å². The number of amides is 1. The molecule has 1 aliphatic carbocycles. The Labute approximate surface area is 204 Å². The van der Waals surface area contributed by atoms with Gasteiger partial charge in [-0.25, -0.2) is 4.98 Å². The van der Waals surface area contributed by atoms with Crippen molar-refractivity contribution in [1.82, 2.24) is 25.1 Å². The molecule has 6 aromatic rings. The molecule has 5 heterocycles. The summed E-state index contributed by atoms with van der Waals surface area (Å²) in [4.78, 5) is 24.5. The summed E-state index contributed by atoms with van der Waals surface area (Å²) in [5.74, 6) is 0.223. The smallest absolute Gasteiger partial charge is 0.227 e. The lowest BCUT2D eigenvalue weighted by atomic mass is 10.0. The maximum atomic E-state index is 12.2. The molecule has 0 aliphatic heterocycles. The summed E-state index contributed by atoms with van der Waals surface area (Å²) in [6, 6.07) is 14.4. The monoisotopic (exact) mass is 476 g/mol. The van der Waals surface area contributed by atoms with Gasteiger partial charge in [0.05, 0.1) is 23.1 Å². The number of nitrogens with one attached hydrogen (secondary N) is 3. The van der Waals surface area contributed by atoms with Crippen molar-refractivity contribution >= 4 is 44.9 Å². The van der Waals surface area contributed by atoms with E-state index in [1.165, 1.54) is 5.56 Å². The van der Waals surface area contributed by atoms with Crippen molar-refractivity contribution in [3.63, 3.8) is 0 Å². The first-order valence-electron chi connectivity index (χ1n) is 11.5. The quantitative estimate of drug-likeness (QED) is 0.274. The highest BCUT2D eigenvalue weighted by Gasteiger charge is 2.29. The summed E-state index contributed by atoms with van der Waals surface area (Å²) in [5.41, 5.74) is 8.51. The lowest BCUT2D eigenvalue weighted by Gasteiger charge is -2.07. The van der Waals surface area contributed by atoms with Gasteiger partial charge in [0.15, 0.2) is 0 Å². The van der Waals surface area contributed by atoms with E-state index in [0.29, 0.717) is 0 Å². The van der Waals surface area contributed by atoms with Gasteiger partial charge < -0.3 is 10.3 Å². The fourth-order valence-corrected chi connectivity index (χ4v) is 5.13. The van der Waals surface area contributed by atoms with Crippen LogP contribution in [0.5, 0.6) is 0 Å². The van der Waals surface area contributed by atoms with Crippen LogP contribution in [0.1, 0.15) is 12.8 Å². The molecule has 0 saturated heterocycles. The molecule has 0 spiro atoms. The van der Waals surface area contributed by atoms with Crippen molar-refractivity contribution in [3.8, 4) is 33.6 Å². The highest BCUT2D eigenvalue weighted by atomic mass is 32.1. The average Bonchev–Trinajstić information content (AvgIpc) is 3.26. The topological polar surface area (TPSA) is 99.3 Å². The van der Waals surface area contributed by atoms with Crippen LogP contribution in [-0.2, 0) is 4.79 Å². The summed E-state index contributed by atoms with van der Waals surface area (Å²) < 4.78 is 0. The van der Waals surface area contributed by atoms with E-state index in [1.54, 1.807) is 17.5 Å². The molecule has 3 N–H and O–H groups in total. The molecule has 170 valence electrons. The number of anilines is 1. The van der Waals surface area contributed by atoms with Crippen LogP contribution in [0.15, 0.2) is 71.8 Å². The molecular formula is C27H20N6OS. The summed E-state index contributed by atoms with van der Waals surface area (Å²) in [6.07, 6.45) is 7.27. The molecule has 1 aromatic carbocycles. The number of thiophene rings is 1. The van der Waals surface area contributed by atoms with E-state index in [0.717, 1.165) is 68.5 Å². The Balaban J connectivity index is 1.29. The minimum absolute atomic E-state index is 0.0748. The Morgan fingerprint density at radius 2 is 1.94 bits per heavy atom. The Morgan fingerprint density at radius 1 is 1.00 bits per heavy atom. The number of rotatable bonds is 5. The van der Waals surface area contributed by atoms with Crippen LogP contribution in [-0.4, -0.2) is 31.1 Å². The SMILES string of the molecule is O=C(Nc1cncc(-c2ccc3[nH]nc(-c4cc5c(-c6ccsc6)ccnc5[nH]4)c3c2)c1)C1CC1. The van der Waals surface area contributed by atoms with E-state index in [1.807, 2.05) is 36.7 Å². The molecule has 0 unspecified atom stereocenters. The fraction of sp³-hybridized carbons (Fsp3) is 0.111. The lowest BCUT2D eigenvalue weighted by molar-refractivity contribution is -0.117. The normalized spacial score (nSPS) is 13.5. The van der Waals surface area contributed by atoms with Crippen LogP contribution in [0.25, 0.3) is 55.6 Å². The van der Waals surface area contributed by atoms with E-state index in [-0.39, 0.29) is 11.8 Å². The first kappa shape index (κ1) is 20.1. The Morgan fingerprint density at radius 3 is 2.80 bits per heavy atom. The zero-order chi connectivity index (χ0) is 23.4. The third kappa shape index (κ3) is 3.59. The van der Waals surface area contributed by atoms with Crippen LogP contribution in [0.4, 0.5) is 5.69 Å². The molecule has 7 nitrogen and oxygen atoms in total. The molecule has 1 amide bonds. The number of aromatic amines is 2. The molecule has 0 bridgehead atoms. The van der Waals surface area contributed by atoms with Gasteiger partial charge in [-0.15, -0.1) is 0 Å². The number of aromatic nitrogens is 5.